The Morgan fingerprint density at radius 2 is 1.41 bits per heavy atom. The molecule has 94 valence electrons. The van der Waals surface area contributed by atoms with Gasteiger partial charge in [0, 0.05) is 0 Å². The van der Waals surface area contributed by atoms with Gasteiger partial charge in [0.1, 0.15) is 0 Å². The Morgan fingerprint density at radius 3 is 2.06 bits per heavy atom. The van der Waals surface area contributed by atoms with Crippen LogP contribution >= 0.6 is 0 Å². The molecule has 0 aromatic carbocycles. The van der Waals surface area contributed by atoms with Crippen molar-refractivity contribution in [3.63, 3.8) is 0 Å². The fourth-order valence-electron chi connectivity index (χ4n) is 4.74. The minimum Gasteiger partial charge on any atom is -0.0995 e. The van der Waals surface area contributed by atoms with E-state index in [1.807, 2.05) is 0 Å². The average molecular weight is 230 g/mol. The van der Waals surface area contributed by atoms with Gasteiger partial charge in [0.05, 0.1) is 0 Å². The standard InChI is InChI=1S/C17H26/c1-11-4-7-14-9-16-12(2)5-6-13(3)17(16)10-15(14)8-11/h11,14-17H,2-10H2,1H3. The smallest absolute Gasteiger partial charge is 0.0137 e. The largest absolute Gasteiger partial charge is 0.0995 e. The summed E-state index contributed by atoms with van der Waals surface area (Å²) in [6.07, 6.45) is 9.71. The molecule has 0 amide bonds. The number of hydrogen-bond donors (Lipinski definition) is 0. The molecule has 0 heteroatoms. The molecule has 0 aromatic heterocycles. The molecule has 0 nitrogen and oxygen atoms in total. The molecule has 0 aliphatic heterocycles. The maximum atomic E-state index is 4.35. The Morgan fingerprint density at radius 1 is 0.824 bits per heavy atom. The molecule has 0 bridgehead atoms. The maximum absolute atomic E-state index is 4.35. The summed E-state index contributed by atoms with van der Waals surface area (Å²) in [6.45, 7) is 11.1. The molecule has 3 fully saturated rings. The quantitative estimate of drug-likeness (QED) is 0.515. The van der Waals surface area contributed by atoms with E-state index in [2.05, 4.69) is 20.1 Å². The highest BCUT2D eigenvalue weighted by Crippen LogP contribution is 2.53. The molecule has 17 heavy (non-hydrogen) atoms. The van der Waals surface area contributed by atoms with Crippen LogP contribution in [0.2, 0.25) is 0 Å². The number of fused-ring (bicyclic) bond motifs is 2. The highest BCUT2D eigenvalue weighted by atomic mass is 14.5. The van der Waals surface area contributed by atoms with Gasteiger partial charge in [-0.25, -0.2) is 0 Å². The van der Waals surface area contributed by atoms with Crippen LogP contribution in [0.4, 0.5) is 0 Å². The molecular weight excluding hydrogens is 204 g/mol. The number of hydrogen-bond acceptors (Lipinski definition) is 0. The first-order chi connectivity index (χ1) is 8.15. The van der Waals surface area contributed by atoms with E-state index in [9.17, 15) is 0 Å². The number of allylic oxidation sites excluding steroid dienone is 2. The van der Waals surface area contributed by atoms with E-state index in [1.165, 1.54) is 44.9 Å². The molecule has 3 aliphatic rings. The summed E-state index contributed by atoms with van der Waals surface area (Å²) >= 11 is 0. The maximum Gasteiger partial charge on any atom is -0.0137 e. The first kappa shape index (κ1) is 11.6. The minimum atomic E-state index is 0.794. The summed E-state index contributed by atoms with van der Waals surface area (Å²) in [7, 11) is 0. The summed E-state index contributed by atoms with van der Waals surface area (Å²) < 4.78 is 0. The molecule has 5 unspecified atom stereocenters. The van der Waals surface area contributed by atoms with Crippen LogP contribution in [-0.2, 0) is 0 Å². The third-order valence-corrected chi connectivity index (χ3v) is 5.82. The van der Waals surface area contributed by atoms with Crippen LogP contribution in [0.15, 0.2) is 24.3 Å². The van der Waals surface area contributed by atoms with E-state index in [0.717, 1.165) is 29.6 Å². The summed E-state index contributed by atoms with van der Waals surface area (Å²) in [4.78, 5) is 0. The molecule has 0 N–H and O–H groups in total. The first-order valence-corrected chi connectivity index (χ1v) is 7.50. The highest BCUT2D eigenvalue weighted by molar-refractivity contribution is 5.21. The van der Waals surface area contributed by atoms with Crippen molar-refractivity contribution in [2.45, 2.75) is 51.9 Å². The Kier molecular flexibility index (Phi) is 2.92. The topological polar surface area (TPSA) is 0 Å². The van der Waals surface area contributed by atoms with Gasteiger partial charge < -0.3 is 0 Å². The van der Waals surface area contributed by atoms with Gasteiger partial charge in [-0.1, -0.05) is 37.6 Å². The Labute approximate surface area is 106 Å². The summed E-state index contributed by atoms with van der Waals surface area (Å²) in [5.41, 5.74) is 3.08. The summed E-state index contributed by atoms with van der Waals surface area (Å²) in [6, 6.07) is 0. The summed E-state index contributed by atoms with van der Waals surface area (Å²) in [5, 5.41) is 0. The van der Waals surface area contributed by atoms with Gasteiger partial charge in [-0.15, -0.1) is 0 Å². The van der Waals surface area contributed by atoms with Crippen LogP contribution in [0.3, 0.4) is 0 Å². The molecule has 0 saturated heterocycles. The van der Waals surface area contributed by atoms with E-state index < -0.39 is 0 Å². The van der Waals surface area contributed by atoms with E-state index in [1.54, 1.807) is 11.1 Å². The lowest BCUT2D eigenvalue weighted by Crippen LogP contribution is -2.38. The normalized spacial score (nSPS) is 46.3. The minimum absolute atomic E-state index is 0.794. The van der Waals surface area contributed by atoms with E-state index in [4.69, 9.17) is 0 Å². The van der Waals surface area contributed by atoms with E-state index in [0.29, 0.717) is 0 Å². The fraction of sp³-hybridized carbons (Fsp3) is 0.765. The van der Waals surface area contributed by atoms with Gasteiger partial charge in [0.2, 0.25) is 0 Å². The van der Waals surface area contributed by atoms with E-state index in [-0.39, 0.29) is 0 Å². The molecule has 3 rings (SSSR count). The second-order valence-electron chi connectivity index (χ2n) is 6.94. The van der Waals surface area contributed by atoms with Crippen molar-refractivity contribution in [2.75, 3.05) is 0 Å². The van der Waals surface area contributed by atoms with Crippen molar-refractivity contribution >= 4 is 0 Å². The van der Waals surface area contributed by atoms with Gasteiger partial charge in [0.25, 0.3) is 0 Å². The van der Waals surface area contributed by atoms with E-state index >= 15 is 0 Å². The first-order valence-electron chi connectivity index (χ1n) is 7.50. The third kappa shape index (κ3) is 2.00. The van der Waals surface area contributed by atoms with Crippen molar-refractivity contribution in [2.24, 2.45) is 29.6 Å². The lowest BCUT2D eigenvalue weighted by atomic mass is 9.57. The lowest BCUT2D eigenvalue weighted by Gasteiger charge is -2.48. The SMILES string of the molecule is C=C1CCC(=C)C2CC3CC(C)CCC3CC12. The zero-order valence-electron chi connectivity index (χ0n) is 11.3. The Bertz CT molecular complexity index is 338. The second kappa shape index (κ2) is 4.30. The van der Waals surface area contributed by atoms with Crippen LogP contribution in [-0.4, -0.2) is 0 Å². The Balaban J connectivity index is 1.78. The van der Waals surface area contributed by atoms with Crippen molar-refractivity contribution in [1.29, 1.82) is 0 Å². The van der Waals surface area contributed by atoms with Gasteiger partial charge in [-0.3, -0.25) is 0 Å². The van der Waals surface area contributed by atoms with Crippen molar-refractivity contribution in [1.82, 2.24) is 0 Å². The highest BCUT2D eigenvalue weighted by Gasteiger charge is 2.42. The van der Waals surface area contributed by atoms with Crippen molar-refractivity contribution in [3.8, 4) is 0 Å². The molecular formula is C17H26. The lowest BCUT2D eigenvalue weighted by molar-refractivity contribution is 0.0787. The fourth-order valence-corrected chi connectivity index (χ4v) is 4.74. The monoisotopic (exact) mass is 230 g/mol. The van der Waals surface area contributed by atoms with Gasteiger partial charge in [-0.05, 0) is 68.1 Å². The molecule has 3 saturated carbocycles. The average Bonchev–Trinajstić information content (AvgIpc) is 2.32. The van der Waals surface area contributed by atoms with Crippen LogP contribution in [0.25, 0.3) is 0 Å². The van der Waals surface area contributed by atoms with Gasteiger partial charge in [-0.2, -0.15) is 0 Å². The zero-order chi connectivity index (χ0) is 12.0. The third-order valence-electron chi connectivity index (χ3n) is 5.82. The molecule has 0 aromatic rings. The van der Waals surface area contributed by atoms with Crippen LogP contribution < -0.4 is 0 Å². The Hall–Kier alpha value is -0.520. The summed E-state index contributed by atoms with van der Waals surface area (Å²) in [5.74, 6) is 4.57. The predicted molar refractivity (Wildman–Crippen MR) is 73.7 cm³/mol. The molecule has 5 atom stereocenters. The van der Waals surface area contributed by atoms with Crippen LogP contribution in [0.1, 0.15) is 51.9 Å². The van der Waals surface area contributed by atoms with Crippen LogP contribution in [0.5, 0.6) is 0 Å². The van der Waals surface area contributed by atoms with Gasteiger partial charge >= 0.3 is 0 Å². The molecule has 0 radical (unpaired) electrons. The van der Waals surface area contributed by atoms with Gasteiger partial charge in [0.15, 0.2) is 0 Å². The zero-order valence-corrected chi connectivity index (χ0v) is 11.3. The number of rotatable bonds is 0. The molecule has 3 aliphatic carbocycles. The predicted octanol–water partition coefficient (Wildman–Crippen LogP) is 4.97. The van der Waals surface area contributed by atoms with Crippen molar-refractivity contribution < 1.29 is 0 Å². The molecule has 0 heterocycles. The van der Waals surface area contributed by atoms with Crippen LogP contribution in [0, 0.1) is 29.6 Å². The van der Waals surface area contributed by atoms with Crippen molar-refractivity contribution in [3.05, 3.63) is 24.3 Å². The molecule has 0 spiro atoms. The second-order valence-corrected chi connectivity index (χ2v) is 6.94.